The highest BCUT2D eigenvalue weighted by molar-refractivity contribution is 5.96. The van der Waals surface area contributed by atoms with E-state index in [1.54, 1.807) is 33.3 Å². The van der Waals surface area contributed by atoms with Crippen LogP contribution in [0, 0.1) is 13.8 Å². The van der Waals surface area contributed by atoms with Crippen molar-refractivity contribution in [2.75, 3.05) is 26.1 Å². The van der Waals surface area contributed by atoms with Gasteiger partial charge in [-0.1, -0.05) is 0 Å². The minimum Gasteiger partial charge on any atom is -0.493 e. The molecule has 0 amide bonds. The molecule has 7 heteroatoms. The molecule has 1 N–H and O–H groups in total. The second kappa shape index (κ2) is 8.12. The summed E-state index contributed by atoms with van der Waals surface area (Å²) in [5, 5.41) is 3.15. The van der Waals surface area contributed by atoms with Gasteiger partial charge in [0.1, 0.15) is 0 Å². The van der Waals surface area contributed by atoms with Crippen LogP contribution in [0.2, 0.25) is 0 Å². The van der Waals surface area contributed by atoms with Crippen molar-refractivity contribution in [3.63, 3.8) is 0 Å². The summed E-state index contributed by atoms with van der Waals surface area (Å²) in [6.45, 7) is 6.01. The predicted molar refractivity (Wildman–Crippen MR) is 108 cm³/mol. The average molecular weight is 381 g/mol. The molecule has 3 aromatic rings. The van der Waals surface area contributed by atoms with Crippen LogP contribution >= 0.6 is 0 Å². The molecular weight excluding hydrogens is 358 g/mol. The highest BCUT2D eigenvalue weighted by Gasteiger charge is 2.19. The molecule has 0 saturated heterocycles. The lowest BCUT2D eigenvalue weighted by atomic mass is 10.1. The van der Waals surface area contributed by atoms with Crippen molar-refractivity contribution in [3.8, 4) is 11.5 Å². The Balaban J connectivity index is 2.10. The molecule has 1 aromatic heterocycles. The van der Waals surface area contributed by atoms with Crippen molar-refractivity contribution in [2.45, 2.75) is 20.8 Å². The maximum Gasteiger partial charge on any atom is 0.360 e. The number of rotatable bonds is 6. The summed E-state index contributed by atoms with van der Waals surface area (Å²) in [5.41, 5.74) is 4.33. The lowest BCUT2D eigenvalue weighted by Crippen LogP contribution is -2.12. The zero-order valence-corrected chi connectivity index (χ0v) is 16.6. The molecule has 0 saturated carbocycles. The van der Waals surface area contributed by atoms with Crippen molar-refractivity contribution in [3.05, 3.63) is 47.2 Å². The number of benzene rings is 2. The number of methoxy groups -OCH3 is 2. The first kappa shape index (κ1) is 19.4. The molecule has 0 unspecified atom stereocenters. The Morgan fingerprint density at radius 3 is 2.21 bits per heavy atom. The van der Waals surface area contributed by atoms with Crippen LogP contribution < -0.4 is 14.8 Å². The second-order valence-electron chi connectivity index (χ2n) is 6.26. The van der Waals surface area contributed by atoms with E-state index in [9.17, 15) is 4.79 Å². The molecule has 0 aliphatic heterocycles. The number of hydrogen-bond donors (Lipinski definition) is 1. The predicted octanol–water partition coefficient (Wildman–Crippen LogP) is 4.18. The fourth-order valence-electron chi connectivity index (χ4n) is 2.79. The van der Waals surface area contributed by atoms with Gasteiger partial charge in [-0.3, -0.25) is 0 Å². The van der Waals surface area contributed by atoms with E-state index < -0.39 is 5.97 Å². The number of esters is 1. The molecule has 2 aromatic carbocycles. The third kappa shape index (κ3) is 3.83. The third-order valence-electron chi connectivity index (χ3n) is 4.39. The number of hydrogen-bond acceptors (Lipinski definition) is 7. The van der Waals surface area contributed by atoms with Gasteiger partial charge in [0.2, 0.25) is 0 Å². The van der Waals surface area contributed by atoms with Gasteiger partial charge in [-0.05, 0) is 56.2 Å². The summed E-state index contributed by atoms with van der Waals surface area (Å²) in [6, 6.07) is 9.21. The summed E-state index contributed by atoms with van der Waals surface area (Å²) in [4.78, 5) is 21.6. The van der Waals surface area contributed by atoms with E-state index in [0.29, 0.717) is 34.0 Å². The Kier molecular flexibility index (Phi) is 5.63. The smallest absolute Gasteiger partial charge is 0.360 e. The minimum absolute atomic E-state index is 0.132. The molecule has 1 heterocycles. The van der Waals surface area contributed by atoms with Crippen LogP contribution in [0.15, 0.2) is 30.3 Å². The van der Waals surface area contributed by atoms with Gasteiger partial charge in [-0.15, -0.1) is 0 Å². The Morgan fingerprint density at radius 1 is 0.964 bits per heavy atom. The second-order valence-corrected chi connectivity index (χ2v) is 6.26. The topological polar surface area (TPSA) is 82.6 Å². The SMILES string of the molecule is CCOC(=O)c1nc2cc(C)c(C)cc2nc1Nc1ccc(OC)c(OC)c1. The van der Waals surface area contributed by atoms with E-state index in [4.69, 9.17) is 14.2 Å². The van der Waals surface area contributed by atoms with Crippen LogP contribution in [0.5, 0.6) is 11.5 Å². The van der Waals surface area contributed by atoms with Gasteiger partial charge >= 0.3 is 5.97 Å². The minimum atomic E-state index is -0.530. The summed E-state index contributed by atoms with van der Waals surface area (Å²) in [6.07, 6.45) is 0. The molecule has 0 atom stereocenters. The first-order valence-electron chi connectivity index (χ1n) is 8.92. The van der Waals surface area contributed by atoms with Gasteiger partial charge in [0, 0.05) is 11.8 Å². The van der Waals surface area contributed by atoms with E-state index >= 15 is 0 Å². The van der Waals surface area contributed by atoms with E-state index in [2.05, 4.69) is 15.3 Å². The number of fused-ring (bicyclic) bond motifs is 1. The number of aromatic nitrogens is 2. The molecule has 0 aliphatic carbocycles. The van der Waals surface area contributed by atoms with Crippen molar-refractivity contribution in [1.29, 1.82) is 0 Å². The maximum atomic E-state index is 12.5. The van der Waals surface area contributed by atoms with Crippen molar-refractivity contribution >= 4 is 28.5 Å². The zero-order chi connectivity index (χ0) is 20.3. The van der Waals surface area contributed by atoms with Gasteiger partial charge in [-0.2, -0.15) is 0 Å². The van der Waals surface area contributed by atoms with Gasteiger partial charge in [0.25, 0.3) is 0 Å². The quantitative estimate of drug-likeness (QED) is 0.641. The van der Waals surface area contributed by atoms with Crippen LogP contribution in [-0.2, 0) is 4.74 Å². The largest absolute Gasteiger partial charge is 0.493 e. The molecule has 0 bridgehead atoms. The maximum absolute atomic E-state index is 12.5. The van der Waals surface area contributed by atoms with E-state index in [1.165, 1.54) is 0 Å². The van der Waals surface area contributed by atoms with Gasteiger partial charge in [0.15, 0.2) is 23.0 Å². The molecule has 3 rings (SSSR count). The normalized spacial score (nSPS) is 10.6. The summed E-state index contributed by atoms with van der Waals surface area (Å²) >= 11 is 0. The van der Waals surface area contributed by atoms with Gasteiger partial charge in [-0.25, -0.2) is 14.8 Å². The highest BCUT2D eigenvalue weighted by atomic mass is 16.5. The fraction of sp³-hybridized carbons (Fsp3) is 0.286. The number of nitrogens with zero attached hydrogens (tertiary/aromatic N) is 2. The molecule has 0 spiro atoms. The van der Waals surface area contributed by atoms with Crippen LogP contribution in [0.25, 0.3) is 11.0 Å². The number of anilines is 2. The Labute approximate surface area is 163 Å². The molecule has 146 valence electrons. The molecule has 0 radical (unpaired) electrons. The third-order valence-corrected chi connectivity index (χ3v) is 4.39. The lowest BCUT2D eigenvalue weighted by Gasteiger charge is -2.14. The highest BCUT2D eigenvalue weighted by Crippen LogP contribution is 2.32. The zero-order valence-electron chi connectivity index (χ0n) is 16.6. The molecule has 7 nitrogen and oxygen atoms in total. The van der Waals surface area contributed by atoms with Crippen LogP contribution in [0.1, 0.15) is 28.5 Å². The Hall–Kier alpha value is -3.35. The number of ether oxygens (including phenoxy) is 3. The Morgan fingerprint density at radius 2 is 1.61 bits per heavy atom. The van der Waals surface area contributed by atoms with Crippen LogP contribution in [0.4, 0.5) is 11.5 Å². The first-order valence-corrected chi connectivity index (χ1v) is 8.92. The number of carbonyl (C=O) groups excluding carboxylic acids is 1. The van der Waals surface area contributed by atoms with Crippen molar-refractivity contribution in [2.24, 2.45) is 0 Å². The summed E-state index contributed by atoms with van der Waals surface area (Å²) in [7, 11) is 3.13. The fourth-order valence-corrected chi connectivity index (χ4v) is 2.79. The lowest BCUT2D eigenvalue weighted by molar-refractivity contribution is 0.0521. The van der Waals surface area contributed by atoms with E-state index in [-0.39, 0.29) is 12.3 Å². The van der Waals surface area contributed by atoms with Crippen LogP contribution in [-0.4, -0.2) is 36.8 Å². The monoisotopic (exact) mass is 381 g/mol. The van der Waals surface area contributed by atoms with Crippen molar-refractivity contribution < 1.29 is 19.0 Å². The van der Waals surface area contributed by atoms with Crippen molar-refractivity contribution in [1.82, 2.24) is 9.97 Å². The van der Waals surface area contributed by atoms with Gasteiger partial charge < -0.3 is 19.5 Å². The molecule has 0 fully saturated rings. The summed E-state index contributed by atoms with van der Waals surface area (Å²) < 4.78 is 15.8. The number of carbonyl (C=O) groups is 1. The van der Waals surface area contributed by atoms with E-state index in [1.807, 2.05) is 32.0 Å². The van der Waals surface area contributed by atoms with E-state index in [0.717, 1.165) is 11.1 Å². The Bertz CT molecular complexity index is 1030. The molecular formula is C21H23N3O4. The molecule has 28 heavy (non-hydrogen) atoms. The molecule has 0 aliphatic rings. The standard InChI is InChI=1S/C21H23N3O4/c1-6-28-21(25)19-20(22-14-7-8-17(26-4)18(11-14)27-5)24-16-10-13(3)12(2)9-15(16)23-19/h7-11H,6H2,1-5H3,(H,22,24). The first-order chi connectivity index (χ1) is 13.5. The average Bonchev–Trinajstić information content (AvgIpc) is 2.68. The van der Waals surface area contributed by atoms with Gasteiger partial charge in [0.05, 0.1) is 31.9 Å². The number of aryl methyl sites for hydroxylation is 2. The summed E-state index contributed by atoms with van der Waals surface area (Å²) in [5.74, 6) is 0.958. The van der Waals surface area contributed by atoms with Crippen LogP contribution in [0.3, 0.4) is 0 Å². The number of nitrogens with one attached hydrogen (secondary N) is 1.